The predicted molar refractivity (Wildman–Crippen MR) is 73.8 cm³/mol. The zero-order chi connectivity index (χ0) is 13.7. The fraction of sp³-hybridized carbons (Fsp3) is 0.846. The Morgan fingerprint density at radius 2 is 2.21 bits per heavy atom. The molecule has 0 spiro atoms. The van der Waals surface area contributed by atoms with E-state index in [-0.39, 0.29) is 6.04 Å². The summed E-state index contributed by atoms with van der Waals surface area (Å²) < 4.78 is 5.32. The zero-order valence-electron chi connectivity index (χ0n) is 12.2. The molecule has 2 heterocycles. The Bertz CT molecular complexity index is 381. The molecule has 0 saturated carbocycles. The summed E-state index contributed by atoms with van der Waals surface area (Å²) in [5.41, 5.74) is 0. The van der Waals surface area contributed by atoms with Gasteiger partial charge in [0.2, 0.25) is 5.89 Å². The van der Waals surface area contributed by atoms with Crippen molar-refractivity contribution in [2.75, 3.05) is 40.3 Å². The van der Waals surface area contributed by atoms with Crippen molar-refractivity contribution >= 4 is 0 Å². The van der Waals surface area contributed by atoms with Crippen molar-refractivity contribution in [1.29, 1.82) is 0 Å². The van der Waals surface area contributed by atoms with Crippen LogP contribution in [-0.2, 0) is 6.54 Å². The van der Waals surface area contributed by atoms with Gasteiger partial charge in [0.05, 0.1) is 12.6 Å². The van der Waals surface area contributed by atoms with Crippen molar-refractivity contribution < 1.29 is 4.52 Å². The highest BCUT2D eigenvalue weighted by Gasteiger charge is 2.26. The number of likely N-dealkylation sites (N-methyl/N-ethyl adjacent to an activating group) is 2. The van der Waals surface area contributed by atoms with Gasteiger partial charge in [-0.15, -0.1) is 0 Å². The van der Waals surface area contributed by atoms with Crippen LogP contribution in [0.2, 0.25) is 0 Å². The Balaban J connectivity index is 1.99. The Kier molecular flexibility index (Phi) is 5.30. The molecule has 1 aromatic rings. The summed E-state index contributed by atoms with van der Waals surface area (Å²) in [6, 6.07) is 0.233. The quantitative estimate of drug-likeness (QED) is 0.799. The van der Waals surface area contributed by atoms with Crippen molar-refractivity contribution in [3.63, 3.8) is 0 Å². The number of hydrogen-bond donors (Lipinski definition) is 1. The lowest BCUT2D eigenvalue weighted by molar-refractivity contribution is 0.214. The van der Waals surface area contributed by atoms with Crippen molar-refractivity contribution in [3.8, 4) is 0 Å². The molecule has 1 aliphatic heterocycles. The van der Waals surface area contributed by atoms with E-state index in [0.29, 0.717) is 12.4 Å². The second-order valence-corrected chi connectivity index (χ2v) is 5.34. The van der Waals surface area contributed by atoms with Crippen molar-refractivity contribution in [2.24, 2.45) is 0 Å². The summed E-state index contributed by atoms with van der Waals surface area (Å²) in [6.07, 6.45) is 2.30. The van der Waals surface area contributed by atoms with Crippen LogP contribution in [0.25, 0.3) is 0 Å². The third-order valence-corrected chi connectivity index (χ3v) is 3.55. The van der Waals surface area contributed by atoms with E-state index in [1.807, 2.05) is 0 Å². The molecule has 0 aliphatic carbocycles. The molecule has 1 aromatic heterocycles. The van der Waals surface area contributed by atoms with Crippen molar-refractivity contribution in [1.82, 2.24) is 25.3 Å². The summed E-state index contributed by atoms with van der Waals surface area (Å²) in [5.74, 6) is 1.49. The predicted octanol–water partition coefficient (Wildman–Crippen LogP) is 0.878. The molecule has 19 heavy (non-hydrogen) atoms. The molecule has 1 N–H and O–H groups in total. The van der Waals surface area contributed by atoms with E-state index in [2.05, 4.69) is 46.3 Å². The Hall–Kier alpha value is -0.980. The number of nitrogens with one attached hydrogen (secondary N) is 1. The van der Waals surface area contributed by atoms with Crippen LogP contribution < -0.4 is 5.32 Å². The monoisotopic (exact) mass is 267 g/mol. The molecule has 1 saturated heterocycles. The Morgan fingerprint density at radius 1 is 1.37 bits per heavy atom. The van der Waals surface area contributed by atoms with E-state index in [9.17, 15) is 0 Å². The molecule has 1 unspecified atom stereocenters. The molecule has 6 heteroatoms. The summed E-state index contributed by atoms with van der Waals surface area (Å²) in [4.78, 5) is 9.17. The van der Waals surface area contributed by atoms with Gasteiger partial charge in [0, 0.05) is 6.54 Å². The van der Waals surface area contributed by atoms with Gasteiger partial charge in [-0.2, -0.15) is 4.98 Å². The number of nitrogens with zero attached hydrogens (tertiary/aromatic N) is 4. The van der Waals surface area contributed by atoms with Crippen LogP contribution in [0, 0.1) is 0 Å². The van der Waals surface area contributed by atoms with Crippen LogP contribution >= 0.6 is 0 Å². The van der Waals surface area contributed by atoms with Gasteiger partial charge in [0.15, 0.2) is 5.82 Å². The average molecular weight is 267 g/mol. The summed E-state index contributed by atoms with van der Waals surface area (Å²) in [5, 5.41) is 7.43. The van der Waals surface area contributed by atoms with Crippen LogP contribution in [0.4, 0.5) is 0 Å². The number of aromatic nitrogens is 2. The highest BCUT2D eigenvalue weighted by atomic mass is 16.5. The molecule has 1 atom stereocenters. The average Bonchev–Trinajstić information content (AvgIpc) is 2.78. The zero-order valence-corrected chi connectivity index (χ0v) is 12.2. The van der Waals surface area contributed by atoms with Gasteiger partial charge in [0.25, 0.3) is 0 Å². The van der Waals surface area contributed by atoms with Gasteiger partial charge in [-0.1, -0.05) is 12.1 Å². The highest BCUT2D eigenvalue weighted by molar-refractivity contribution is 4.97. The first kappa shape index (κ1) is 14.4. The minimum atomic E-state index is 0.233. The molecule has 0 bridgehead atoms. The molecule has 108 valence electrons. The SMILES string of the molecule is CCCNCc1nc(C2CN(C)CCCN2C)no1. The van der Waals surface area contributed by atoms with E-state index in [4.69, 9.17) is 4.52 Å². The van der Waals surface area contributed by atoms with E-state index in [0.717, 1.165) is 38.4 Å². The minimum Gasteiger partial charge on any atom is -0.338 e. The molecule has 0 aromatic carbocycles. The maximum absolute atomic E-state index is 5.32. The van der Waals surface area contributed by atoms with E-state index < -0.39 is 0 Å². The van der Waals surface area contributed by atoms with Crippen LogP contribution in [0.5, 0.6) is 0 Å². The van der Waals surface area contributed by atoms with Crippen molar-refractivity contribution in [2.45, 2.75) is 32.4 Å². The molecule has 1 fully saturated rings. The third kappa shape index (κ3) is 3.99. The van der Waals surface area contributed by atoms with Crippen LogP contribution in [0.15, 0.2) is 4.52 Å². The van der Waals surface area contributed by atoms with Crippen molar-refractivity contribution in [3.05, 3.63) is 11.7 Å². The molecule has 0 radical (unpaired) electrons. The lowest BCUT2D eigenvalue weighted by Gasteiger charge is -2.24. The highest BCUT2D eigenvalue weighted by Crippen LogP contribution is 2.20. The van der Waals surface area contributed by atoms with Gasteiger partial charge in [0.1, 0.15) is 0 Å². The van der Waals surface area contributed by atoms with E-state index in [1.54, 1.807) is 0 Å². The van der Waals surface area contributed by atoms with Gasteiger partial charge >= 0.3 is 0 Å². The van der Waals surface area contributed by atoms with Gasteiger partial charge in [-0.25, -0.2) is 0 Å². The van der Waals surface area contributed by atoms with Gasteiger partial charge in [-0.05, 0) is 46.6 Å². The maximum atomic E-state index is 5.32. The Labute approximate surface area is 115 Å². The Morgan fingerprint density at radius 3 is 3.00 bits per heavy atom. The first-order valence-corrected chi connectivity index (χ1v) is 7.12. The lowest BCUT2D eigenvalue weighted by atomic mass is 10.2. The normalized spacial score (nSPS) is 22.6. The van der Waals surface area contributed by atoms with Gasteiger partial charge < -0.3 is 14.7 Å². The summed E-state index contributed by atoms with van der Waals surface area (Å²) in [6.45, 7) is 6.94. The van der Waals surface area contributed by atoms with E-state index >= 15 is 0 Å². The fourth-order valence-corrected chi connectivity index (χ4v) is 2.40. The molecular formula is C13H25N5O. The van der Waals surface area contributed by atoms with Crippen LogP contribution in [0.3, 0.4) is 0 Å². The first-order valence-electron chi connectivity index (χ1n) is 7.12. The summed E-state index contributed by atoms with van der Waals surface area (Å²) >= 11 is 0. The molecule has 0 amide bonds. The maximum Gasteiger partial charge on any atom is 0.240 e. The van der Waals surface area contributed by atoms with Crippen LogP contribution in [0.1, 0.15) is 37.5 Å². The second-order valence-electron chi connectivity index (χ2n) is 5.34. The minimum absolute atomic E-state index is 0.233. The van der Waals surface area contributed by atoms with Crippen LogP contribution in [-0.4, -0.2) is 60.2 Å². The van der Waals surface area contributed by atoms with E-state index in [1.165, 1.54) is 6.42 Å². The topological polar surface area (TPSA) is 57.4 Å². The smallest absolute Gasteiger partial charge is 0.240 e. The second kappa shape index (κ2) is 6.98. The molecule has 6 nitrogen and oxygen atoms in total. The fourth-order valence-electron chi connectivity index (χ4n) is 2.40. The number of rotatable bonds is 5. The molecular weight excluding hydrogens is 242 g/mol. The van der Waals surface area contributed by atoms with Gasteiger partial charge in [-0.3, -0.25) is 4.90 Å². The third-order valence-electron chi connectivity index (χ3n) is 3.55. The standard InChI is InChI=1S/C13H25N5O/c1-4-6-14-9-12-15-13(16-19-12)11-10-17(2)7-5-8-18(11)3/h11,14H,4-10H2,1-3H3. The lowest BCUT2D eigenvalue weighted by Crippen LogP contribution is -2.31. The summed E-state index contributed by atoms with van der Waals surface area (Å²) in [7, 11) is 4.28. The first-order chi connectivity index (χ1) is 9.20. The molecule has 2 rings (SSSR count). The molecule has 1 aliphatic rings. The largest absolute Gasteiger partial charge is 0.338 e. The number of hydrogen-bond acceptors (Lipinski definition) is 6.